The van der Waals surface area contributed by atoms with Crippen molar-refractivity contribution < 1.29 is 40.2 Å². The molecule has 3 unspecified atom stereocenters. The highest BCUT2D eigenvalue weighted by atomic mass is 31.1. The molecule has 0 spiro atoms. The molecule has 0 aromatic rings. The third-order valence-corrected chi connectivity index (χ3v) is 5.07. The van der Waals surface area contributed by atoms with E-state index in [1.54, 1.807) is 21.0 Å². The highest BCUT2D eigenvalue weighted by Crippen LogP contribution is 2.38. The van der Waals surface area contributed by atoms with Gasteiger partial charge >= 0.3 is 0 Å². The van der Waals surface area contributed by atoms with Crippen molar-refractivity contribution in [1.29, 1.82) is 0 Å². The molecule has 0 aliphatic rings. The molecular formula is C13H31NO7P+. The molecule has 0 aliphatic heterocycles. The second-order valence-corrected chi connectivity index (χ2v) is 7.76. The first-order chi connectivity index (χ1) is 9.89. The Balaban J connectivity index is 4.60. The van der Waals surface area contributed by atoms with E-state index in [1.165, 1.54) is 0 Å². The molecule has 0 aromatic heterocycles. The maximum atomic E-state index is 9.94. The number of aliphatic hydroxyl groups is 7. The zero-order valence-corrected chi connectivity index (χ0v) is 14.5. The lowest BCUT2D eigenvalue weighted by atomic mass is 10.1. The molecule has 7 N–H and O–H groups in total. The van der Waals surface area contributed by atoms with E-state index < -0.39 is 32.1 Å². The molecule has 0 saturated heterocycles. The van der Waals surface area contributed by atoms with Crippen LogP contribution in [-0.2, 0) is 0 Å². The van der Waals surface area contributed by atoms with Gasteiger partial charge in [0.2, 0.25) is 11.3 Å². The first kappa shape index (κ1) is 22.1. The van der Waals surface area contributed by atoms with Gasteiger partial charge in [-0.1, -0.05) is 13.3 Å². The van der Waals surface area contributed by atoms with E-state index >= 15 is 0 Å². The third-order valence-electron chi connectivity index (χ3n) is 3.53. The van der Waals surface area contributed by atoms with Gasteiger partial charge in [0, 0.05) is 6.16 Å². The van der Waals surface area contributed by atoms with Crippen LogP contribution in [0.15, 0.2) is 0 Å². The second kappa shape index (κ2) is 8.82. The van der Waals surface area contributed by atoms with Crippen molar-refractivity contribution in [2.24, 2.45) is 0 Å². The van der Waals surface area contributed by atoms with Crippen LogP contribution < -0.4 is 0 Å². The number of nitrogens with zero attached hydrogens (tertiary/aromatic N) is 1. The topological polar surface area (TPSA) is 142 Å². The highest BCUT2D eigenvalue weighted by Gasteiger charge is 2.52. The Morgan fingerprint density at radius 3 is 2.09 bits per heavy atom. The van der Waals surface area contributed by atoms with E-state index in [-0.39, 0.29) is 25.7 Å². The van der Waals surface area contributed by atoms with Crippen LogP contribution in [0.3, 0.4) is 0 Å². The number of hydrogen-bond acceptors (Lipinski definition) is 7. The first-order valence-corrected chi connectivity index (χ1v) is 8.54. The van der Waals surface area contributed by atoms with Crippen molar-refractivity contribution in [2.75, 3.05) is 40.0 Å². The van der Waals surface area contributed by atoms with Crippen LogP contribution in [0.5, 0.6) is 0 Å². The minimum Gasteiger partial charge on any atom is -0.391 e. The van der Waals surface area contributed by atoms with Crippen molar-refractivity contribution in [3.8, 4) is 0 Å². The summed E-state index contributed by atoms with van der Waals surface area (Å²) in [4.78, 5) is 0. The van der Waals surface area contributed by atoms with Crippen LogP contribution >= 0.6 is 8.58 Å². The fraction of sp³-hybridized carbons (Fsp3) is 1.00. The smallest absolute Gasteiger partial charge is 0.249 e. The molecule has 0 radical (unpaired) electrons. The van der Waals surface area contributed by atoms with Crippen molar-refractivity contribution in [3.05, 3.63) is 0 Å². The summed E-state index contributed by atoms with van der Waals surface area (Å²) >= 11 is 0. The molecule has 0 heterocycles. The first-order valence-electron chi connectivity index (χ1n) is 7.33. The molecule has 0 amide bonds. The average Bonchev–Trinajstić information content (AvgIpc) is 2.35. The maximum absolute atomic E-state index is 9.94. The molecule has 0 aromatic carbocycles. The van der Waals surface area contributed by atoms with Crippen molar-refractivity contribution >= 4 is 8.58 Å². The molecule has 0 bridgehead atoms. The van der Waals surface area contributed by atoms with Crippen LogP contribution in [0.25, 0.3) is 0 Å². The molecule has 0 fully saturated rings. The monoisotopic (exact) mass is 344 g/mol. The summed E-state index contributed by atoms with van der Waals surface area (Å²) in [7, 11) is 2.82. The molecule has 22 heavy (non-hydrogen) atoms. The van der Waals surface area contributed by atoms with Crippen LogP contribution in [-0.4, -0.2) is 104 Å². The van der Waals surface area contributed by atoms with E-state index in [9.17, 15) is 30.6 Å². The number of hydrogen-bond donors (Lipinski definition) is 7. The molecule has 8 nitrogen and oxygen atoms in total. The van der Waals surface area contributed by atoms with Gasteiger partial charge in [-0.2, -0.15) is 0 Å². The van der Waals surface area contributed by atoms with Gasteiger partial charge in [-0.05, 0) is 15.0 Å². The van der Waals surface area contributed by atoms with E-state index in [4.69, 9.17) is 5.11 Å². The normalized spacial score (nSPS) is 17.2. The molecule has 0 rings (SSSR count). The summed E-state index contributed by atoms with van der Waals surface area (Å²) in [5, 5.41) is 67.7. The van der Waals surface area contributed by atoms with E-state index in [1.807, 2.05) is 0 Å². The van der Waals surface area contributed by atoms with Crippen molar-refractivity contribution in [2.45, 2.75) is 43.3 Å². The molecule has 0 saturated carbocycles. The van der Waals surface area contributed by atoms with Crippen LogP contribution in [0.4, 0.5) is 0 Å². The van der Waals surface area contributed by atoms with Gasteiger partial charge in [0.05, 0.1) is 20.7 Å². The number of likely N-dealkylation sites (N-methyl/N-ethyl adjacent to an activating group) is 1. The fourth-order valence-corrected chi connectivity index (χ4v) is 3.17. The van der Waals surface area contributed by atoms with Crippen LogP contribution in [0, 0.1) is 0 Å². The largest absolute Gasteiger partial charge is 0.391 e. The summed E-state index contributed by atoms with van der Waals surface area (Å²) < 4.78 is 0.341. The van der Waals surface area contributed by atoms with E-state index in [0.717, 1.165) is 0 Å². The molecule has 0 aliphatic carbocycles. The fourth-order valence-electron chi connectivity index (χ4n) is 2.09. The number of rotatable bonds is 11. The summed E-state index contributed by atoms with van der Waals surface area (Å²) in [6.07, 6.45) is -2.22. The zero-order chi connectivity index (χ0) is 17.6. The van der Waals surface area contributed by atoms with Gasteiger partial charge in [-0.15, -0.1) is 0 Å². The van der Waals surface area contributed by atoms with Gasteiger partial charge < -0.3 is 40.2 Å². The highest BCUT2D eigenvalue weighted by molar-refractivity contribution is 7.39. The van der Waals surface area contributed by atoms with Crippen molar-refractivity contribution in [3.63, 3.8) is 0 Å². The Labute approximate surface area is 133 Å². The Hall–Kier alpha value is 0.110. The Morgan fingerprint density at radius 1 is 1.09 bits per heavy atom. The Morgan fingerprint density at radius 2 is 1.64 bits per heavy atom. The lowest BCUT2D eigenvalue weighted by Gasteiger charge is -2.39. The summed E-state index contributed by atoms with van der Waals surface area (Å²) in [6, 6.07) is 0. The second-order valence-electron chi connectivity index (χ2n) is 6.30. The predicted octanol–water partition coefficient (Wildman–Crippen LogP) is -2.43. The lowest BCUT2D eigenvalue weighted by Crippen LogP contribution is -2.59. The van der Waals surface area contributed by atoms with Gasteiger partial charge in [-0.3, -0.25) is 0 Å². The average molecular weight is 344 g/mol. The Bertz CT molecular complexity index is 326. The van der Waals surface area contributed by atoms with E-state index in [0.29, 0.717) is 17.4 Å². The minimum atomic E-state index is -3.06. The van der Waals surface area contributed by atoms with Crippen molar-refractivity contribution in [1.82, 2.24) is 0 Å². The Kier molecular flexibility index (Phi) is 8.86. The molecule has 134 valence electrons. The third kappa shape index (κ3) is 6.70. The lowest BCUT2D eigenvalue weighted by molar-refractivity contribution is -0.893. The maximum Gasteiger partial charge on any atom is 0.249 e. The summed E-state index contributed by atoms with van der Waals surface area (Å²) in [6.45, 7) is 2.38. The standard InChI is InChI=1S/C13H31NO7P/c1-4-5-11(17)12(18,19)13(20,21)22-9-10(16)8-14(2,3)6-7-15/h10-11,15-22H,4-9H2,1-3H3/q+1. The molecular weight excluding hydrogens is 313 g/mol. The van der Waals surface area contributed by atoms with Crippen LogP contribution in [0.2, 0.25) is 0 Å². The van der Waals surface area contributed by atoms with Gasteiger partial charge in [0.15, 0.2) is 0 Å². The SMILES string of the molecule is CCCC(O)C(O)(O)C(O)(O)PCC(O)C[N+](C)(C)CCO. The number of quaternary nitrogens is 1. The predicted molar refractivity (Wildman–Crippen MR) is 83.4 cm³/mol. The minimum absolute atomic E-state index is 0.00330. The molecule has 3 atom stereocenters. The van der Waals surface area contributed by atoms with Gasteiger partial charge in [0.1, 0.15) is 25.3 Å². The van der Waals surface area contributed by atoms with E-state index in [2.05, 4.69) is 0 Å². The summed E-state index contributed by atoms with van der Waals surface area (Å²) in [5.41, 5.74) is -2.91. The summed E-state index contributed by atoms with van der Waals surface area (Å²) in [5.74, 6) is -3.06. The number of aliphatic hydroxyl groups excluding tert-OH is 3. The quantitative estimate of drug-likeness (QED) is 0.126. The molecule has 9 heteroatoms. The van der Waals surface area contributed by atoms with Gasteiger partial charge in [-0.25, -0.2) is 0 Å². The van der Waals surface area contributed by atoms with Crippen LogP contribution in [0.1, 0.15) is 19.8 Å². The van der Waals surface area contributed by atoms with Gasteiger partial charge in [0.25, 0.3) is 0 Å². The zero-order valence-electron chi connectivity index (χ0n) is 13.5.